The maximum Gasteiger partial charge on any atom is 0.312 e. The van der Waals surface area contributed by atoms with E-state index in [-0.39, 0.29) is 34.9 Å². The summed E-state index contributed by atoms with van der Waals surface area (Å²) in [5.74, 6) is 0.111. The minimum atomic E-state index is -0.740. The van der Waals surface area contributed by atoms with Gasteiger partial charge in [0.05, 0.1) is 11.5 Å². The van der Waals surface area contributed by atoms with Crippen LogP contribution in [0.5, 0.6) is 0 Å². The molecular formula is C20H26O4. The van der Waals surface area contributed by atoms with Crippen molar-refractivity contribution in [2.75, 3.05) is 0 Å². The Labute approximate surface area is 142 Å². The Morgan fingerprint density at radius 2 is 2.00 bits per heavy atom. The summed E-state index contributed by atoms with van der Waals surface area (Å²) in [6.07, 6.45) is 3.61. The Bertz CT molecular complexity index is 683. The molecule has 0 aromatic rings. The largest absolute Gasteiger partial charge is 0.459 e. The summed E-state index contributed by atoms with van der Waals surface area (Å²) >= 11 is 0. The first kappa shape index (κ1) is 15.1. The van der Waals surface area contributed by atoms with Gasteiger partial charge >= 0.3 is 5.97 Å². The zero-order valence-corrected chi connectivity index (χ0v) is 14.5. The van der Waals surface area contributed by atoms with Crippen LogP contribution in [-0.4, -0.2) is 29.1 Å². The Balaban J connectivity index is 1.73. The van der Waals surface area contributed by atoms with Crippen molar-refractivity contribution in [1.82, 2.24) is 0 Å². The van der Waals surface area contributed by atoms with Gasteiger partial charge in [0.15, 0.2) is 0 Å². The van der Waals surface area contributed by atoms with E-state index < -0.39 is 23.0 Å². The fraction of sp³-hybridized carbons (Fsp3) is 0.800. The Morgan fingerprint density at radius 1 is 1.25 bits per heavy atom. The van der Waals surface area contributed by atoms with Crippen molar-refractivity contribution in [2.24, 2.45) is 34.0 Å². The second-order valence-corrected chi connectivity index (χ2v) is 9.64. The summed E-state index contributed by atoms with van der Waals surface area (Å²) < 4.78 is 5.79. The van der Waals surface area contributed by atoms with Crippen molar-refractivity contribution in [1.29, 1.82) is 0 Å². The summed E-state index contributed by atoms with van der Waals surface area (Å²) in [6, 6.07) is 0. The van der Waals surface area contributed by atoms with Gasteiger partial charge in [-0.1, -0.05) is 25.5 Å². The molecule has 24 heavy (non-hydrogen) atoms. The van der Waals surface area contributed by atoms with Crippen molar-refractivity contribution in [3.63, 3.8) is 0 Å². The van der Waals surface area contributed by atoms with Gasteiger partial charge < -0.3 is 9.84 Å². The Morgan fingerprint density at radius 3 is 2.75 bits per heavy atom. The average Bonchev–Trinajstić information content (AvgIpc) is 2.91. The molecule has 4 nitrogen and oxygen atoms in total. The molecule has 1 heterocycles. The molecule has 5 aliphatic rings. The van der Waals surface area contributed by atoms with Gasteiger partial charge in [-0.2, -0.15) is 0 Å². The van der Waals surface area contributed by atoms with Crippen molar-refractivity contribution in [3.05, 3.63) is 12.2 Å². The normalized spacial score (nSPS) is 58.3. The van der Waals surface area contributed by atoms with Crippen LogP contribution in [0.15, 0.2) is 12.2 Å². The summed E-state index contributed by atoms with van der Waals surface area (Å²) in [4.78, 5) is 25.9. The van der Waals surface area contributed by atoms with E-state index in [1.165, 1.54) is 0 Å². The first-order chi connectivity index (χ1) is 11.2. The van der Waals surface area contributed by atoms with Gasteiger partial charge in [-0.15, -0.1) is 0 Å². The second kappa shape index (κ2) is 4.14. The highest BCUT2D eigenvalue weighted by molar-refractivity contribution is 5.87. The number of hydrogen-bond acceptors (Lipinski definition) is 4. The van der Waals surface area contributed by atoms with Crippen LogP contribution in [0.25, 0.3) is 0 Å². The molecule has 8 unspecified atom stereocenters. The zero-order chi connectivity index (χ0) is 17.1. The number of allylic oxidation sites excluding steroid dienone is 1. The SMILES string of the molecule is C=C1CC23CC1CC(=O)C2C1(C)CCCC2(C)C(=O)OC(C21)C3O. The molecule has 1 N–H and O–H groups in total. The number of fused-ring (bicyclic) bond motifs is 2. The molecule has 4 heteroatoms. The zero-order valence-electron chi connectivity index (χ0n) is 14.5. The second-order valence-electron chi connectivity index (χ2n) is 9.64. The van der Waals surface area contributed by atoms with Gasteiger partial charge in [0, 0.05) is 23.7 Å². The highest BCUT2D eigenvalue weighted by Crippen LogP contribution is 2.73. The molecule has 0 amide bonds. The number of carbonyl (C=O) groups is 2. The van der Waals surface area contributed by atoms with Gasteiger partial charge in [0.1, 0.15) is 11.9 Å². The van der Waals surface area contributed by atoms with Crippen LogP contribution in [0.1, 0.15) is 52.4 Å². The van der Waals surface area contributed by atoms with E-state index in [1.54, 1.807) is 0 Å². The van der Waals surface area contributed by atoms with Crippen LogP contribution >= 0.6 is 0 Å². The number of Topliss-reactive ketones (excluding diaryl/α,β-unsaturated/α-hetero) is 1. The topological polar surface area (TPSA) is 63.6 Å². The van der Waals surface area contributed by atoms with E-state index in [0.29, 0.717) is 12.8 Å². The van der Waals surface area contributed by atoms with Crippen molar-refractivity contribution in [2.45, 2.75) is 64.6 Å². The molecule has 1 saturated heterocycles. The molecule has 0 aromatic heterocycles. The minimum absolute atomic E-state index is 0.0498. The first-order valence-electron chi connectivity index (χ1n) is 9.34. The maximum atomic E-state index is 13.2. The summed E-state index contributed by atoms with van der Waals surface area (Å²) in [7, 11) is 0. The summed E-state index contributed by atoms with van der Waals surface area (Å²) in [5, 5.41) is 11.3. The number of carbonyl (C=O) groups excluding carboxylic acids is 2. The van der Waals surface area contributed by atoms with E-state index in [1.807, 2.05) is 6.92 Å². The van der Waals surface area contributed by atoms with Crippen molar-refractivity contribution < 1.29 is 19.4 Å². The fourth-order valence-corrected chi connectivity index (χ4v) is 7.85. The van der Waals surface area contributed by atoms with Crippen LogP contribution < -0.4 is 0 Å². The first-order valence-corrected chi connectivity index (χ1v) is 9.34. The standard InChI is InChI=1S/C20H26O4/c1-10-8-20-9-11(10)7-12(21)14(20)18(2)5-4-6-19(3)15(18)13(16(20)22)24-17(19)23/h11,13-16,22H,1,4-9H2,2-3H3. The lowest BCUT2D eigenvalue weighted by Crippen LogP contribution is -2.67. The quantitative estimate of drug-likeness (QED) is 0.548. The number of esters is 1. The molecular weight excluding hydrogens is 304 g/mol. The molecule has 8 atom stereocenters. The molecule has 0 radical (unpaired) electrons. The van der Waals surface area contributed by atoms with Gasteiger partial charge in [0.25, 0.3) is 0 Å². The summed E-state index contributed by atoms with van der Waals surface area (Å²) in [5.41, 5.74) is -0.159. The molecule has 130 valence electrons. The van der Waals surface area contributed by atoms with Gasteiger partial charge in [0.2, 0.25) is 0 Å². The molecule has 4 saturated carbocycles. The molecule has 5 fully saturated rings. The van der Waals surface area contributed by atoms with E-state index in [0.717, 1.165) is 31.3 Å². The van der Waals surface area contributed by atoms with E-state index >= 15 is 0 Å². The van der Waals surface area contributed by atoms with Crippen LogP contribution in [0.4, 0.5) is 0 Å². The molecule has 4 aliphatic carbocycles. The molecule has 5 rings (SSSR count). The molecule has 1 spiro atoms. The molecule has 1 aliphatic heterocycles. The van der Waals surface area contributed by atoms with Crippen molar-refractivity contribution in [3.8, 4) is 0 Å². The number of hydrogen-bond donors (Lipinski definition) is 1. The van der Waals surface area contributed by atoms with Crippen LogP contribution in [0.3, 0.4) is 0 Å². The molecule has 2 bridgehead atoms. The van der Waals surface area contributed by atoms with Gasteiger partial charge in [-0.25, -0.2) is 0 Å². The predicted molar refractivity (Wildman–Crippen MR) is 86.9 cm³/mol. The third-order valence-electron chi connectivity index (χ3n) is 8.51. The number of rotatable bonds is 0. The lowest BCUT2D eigenvalue weighted by molar-refractivity contribution is -0.215. The number of aliphatic hydroxyl groups is 1. The summed E-state index contributed by atoms with van der Waals surface area (Å²) in [6.45, 7) is 8.39. The lowest BCUT2D eigenvalue weighted by atomic mass is 9.40. The smallest absolute Gasteiger partial charge is 0.312 e. The lowest BCUT2D eigenvalue weighted by Gasteiger charge is -2.62. The van der Waals surface area contributed by atoms with Crippen LogP contribution in [0, 0.1) is 34.0 Å². The van der Waals surface area contributed by atoms with Gasteiger partial charge in [-0.3, -0.25) is 9.59 Å². The third-order valence-corrected chi connectivity index (χ3v) is 8.51. The van der Waals surface area contributed by atoms with E-state index in [9.17, 15) is 14.7 Å². The van der Waals surface area contributed by atoms with Crippen molar-refractivity contribution >= 4 is 11.8 Å². The average molecular weight is 330 g/mol. The Hall–Kier alpha value is -1.16. The monoisotopic (exact) mass is 330 g/mol. The minimum Gasteiger partial charge on any atom is -0.459 e. The van der Waals surface area contributed by atoms with Gasteiger partial charge in [-0.05, 0) is 43.9 Å². The van der Waals surface area contributed by atoms with Crippen LogP contribution in [0.2, 0.25) is 0 Å². The number of ether oxygens (including phenoxy) is 1. The van der Waals surface area contributed by atoms with E-state index in [2.05, 4.69) is 13.5 Å². The number of ketones is 1. The Kier molecular flexibility index (Phi) is 2.61. The number of aliphatic hydroxyl groups excluding tert-OH is 1. The fourth-order valence-electron chi connectivity index (χ4n) is 7.85. The predicted octanol–water partition coefficient (Wildman–Crippen LogP) is 2.64. The van der Waals surface area contributed by atoms with E-state index in [4.69, 9.17) is 4.74 Å². The maximum absolute atomic E-state index is 13.2. The molecule has 0 aromatic carbocycles. The van der Waals surface area contributed by atoms with Crippen LogP contribution in [-0.2, 0) is 14.3 Å². The highest BCUT2D eigenvalue weighted by atomic mass is 16.6. The third kappa shape index (κ3) is 1.39. The highest BCUT2D eigenvalue weighted by Gasteiger charge is 2.76.